The van der Waals surface area contributed by atoms with E-state index in [0.717, 1.165) is 24.2 Å². The van der Waals surface area contributed by atoms with Crippen molar-refractivity contribution in [2.24, 2.45) is 11.8 Å². The zero-order valence-corrected chi connectivity index (χ0v) is 16.2. The van der Waals surface area contributed by atoms with Crippen LogP contribution < -0.4 is 0 Å². The van der Waals surface area contributed by atoms with E-state index in [4.69, 9.17) is 0 Å². The van der Waals surface area contributed by atoms with Crippen molar-refractivity contribution in [2.45, 2.75) is 40.5 Å². The molecule has 2 heterocycles. The van der Waals surface area contributed by atoms with E-state index >= 15 is 0 Å². The highest BCUT2D eigenvalue weighted by Gasteiger charge is 2.20. The first-order valence-electron chi connectivity index (χ1n) is 9.07. The summed E-state index contributed by atoms with van der Waals surface area (Å²) >= 11 is 0. The number of hydrogen-bond acceptors (Lipinski definition) is 1. The minimum atomic E-state index is -0.0342. The molecule has 0 unspecified atom stereocenters. The fraction of sp³-hybridized carbons (Fsp3) is 0.348. The molecule has 2 rings (SSSR count). The number of carbonyl (C=O) groups excluding carboxylic acids is 1. The van der Waals surface area contributed by atoms with Gasteiger partial charge in [-0.1, -0.05) is 40.9 Å². The molecule has 0 N–H and O–H groups in total. The lowest BCUT2D eigenvalue weighted by Gasteiger charge is -2.15. The SMILES string of the molecule is C=C=C(CC(C)C)n1cccc1C(=O)c1cccn1C(=C=C)CC(C)C. The second-order valence-electron chi connectivity index (χ2n) is 7.30. The second-order valence-corrected chi connectivity index (χ2v) is 7.30. The lowest BCUT2D eigenvalue weighted by molar-refractivity contribution is 0.102. The van der Waals surface area contributed by atoms with Gasteiger partial charge in [-0.25, -0.2) is 0 Å². The fourth-order valence-corrected chi connectivity index (χ4v) is 3.02. The maximum atomic E-state index is 13.3. The first kappa shape index (κ1) is 19.6. The third-order valence-corrected chi connectivity index (χ3v) is 4.16. The normalized spacial score (nSPS) is 10.7. The molecule has 0 atom stereocenters. The van der Waals surface area contributed by atoms with E-state index in [2.05, 4.69) is 52.3 Å². The molecule has 0 saturated heterocycles. The van der Waals surface area contributed by atoms with E-state index in [0.29, 0.717) is 23.2 Å². The van der Waals surface area contributed by atoms with Gasteiger partial charge in [-0.15, -0.1) is 11.5 Å². The highest BCUT2D eigenvalue weighted by atomic mass is 16.1. The smallest absolute Gasteiger partial charge is 0.226 e. The number of rotatable bonds is 8. The van der Waals surface area contributed by atoms with E-state index in [1.54, 1.807) is 0 Å². The van der Waals surface area contributed by atoms with Crippen molar-refractivity contribution in [3.63, 3.8) is 0 Å². The number of aromatic nitrogens is 2. The largest absolute Gasteiger partial charge is 0.310 e. The Morgan fingerprint density at radius 3 is 1.58 bits per heavy atom. The Kier molecular flexibility index (Phi) is 6.46. The van der Waals surface area contributed by atoms with Crippen LogP contribution in [-0.4, -0.2) is 14.9 Å². The van der Waals surface area contributed by atoms with E-state index in [9.17, 15) is 4.79 Å². The molecule has 0 spiro atoms. The predicted octanol–water partition coefficient (Wildman–Crippen LogP) is 5.86. The van der Waals surface area contributed by atoms with E-state index in [1.807, 2.05) is 45.8 Å². The molecule has 0 aromatic carbocycles. The highest BCUT2D eigenvalue weighted by molar-refractivity contribution is 6.08. The van der Waals surface area contributed by atoms with Crippen LogP contribution >= 0.6 is 0 Å². The quantitative estimate of drug-likeness (QED) is 0.433. The van der Waals surface area contributed by atoms with Crippen molar-refractivity contribution in [1.29, 1.82) is 0 Å². The number of ketones is 1. The van der Waals surface area contributed by atoms with Crippen molar-refractivity contribution in [3.05, 3.63) is 72.7 Å². The molecule has 2 aromatic rings. The van der Waals surface area contributed by atoms with Gasteiger partial charge in [-0.2, -0.15) is 0 Å². The molecule has 0 aliphatic heterocycles. The molecular formula is C23H28N2O. The molecule has 0 aliphatic rings. The Morgan fingerprint density at radius 1 is 0.885 bits per heavy atom. The number of hydrogen-bond donors (Lipinski definition) is 0. The Labute approximate surface area is 156 Å². The summed E-state index contributed by atoms with van der Waals surface area (Å²) in [5, 5.41) is 0. The summed E-state index contributed by atoms with van der Waals surface area (Å²) in [6.07, 6.45) is 5.42. The third kappa shape index (κ3) is 4.26. The molecule has 136 valence electrons. The molecule has 0 radical (unpaired) electrons. The van der Waals surface area contributed by atoms with Gasteiger partial charge in [0.25, 0.3) is 0 Å². The number of allylic oxidation sites excluding steroid dienone is 2. The molecule has 0 fully saturated rings. The summed E-state index contributed by atoms with van der Waals surface area (Å²) in [4.78, 5) is 13.3. The maximum absolute atomic E-state index is 13.3. The molecule has 2 aromatic heterocycles. The minimum absolute atomic E-state index is 0.0342. The third-order valence-electron chi connectivity index (χ3n) is 4.16. The Morgan fingerprint density at radius 2 is 1.27 bits per heavy atom. The van der Waals surface area contributed by atoms with Crippen LogP contribution in [0, 0.1) is 11.8 Å². The van der Waals surface area contributed by atoms with Crippen LogP contribution in [0.5, 0.6) is 0 Å². The zero-order chi connectivity index (χ0) is 19.3. The fourth-order valence-electron chi connectivity index (χ4n) is 3.02. The van der Waals surface area contributed by atoms with Gasteiger partial charge in [-0.05, 0) is 48.9 Å². The van der Waals surface area contributed by atoms with Gasteiger partial charge in [0.05, 0.1) is 22.8 Å². The summed E-state index contributed by atoms with van der Waals surface area (Å²) in [7, 11) is 0. The summed E-state index contributed by atoms with van der Waals surface area (Å²) in [5.74, 6) is 0.873. The van der Waals surface area contributed by atoms with Crippen LogP contribution in [0.1, 0.15) is 56.7 Å². The Bertz CT molecular complexity index is 807. The van der Waals surface area contributed by atoms with Gasteiger partial charge in [0.2, 0.25) is 5.78 Å². The molecule has 0 aliphatic carbocycles. The minimum Gasteiger partial charge on any atom is -0.310 e. The predicted molar refractivity (Wildman–Crippen MR) is 109 cm³/mol. The molecule has 0 amide bonds. The Hall–Kier alpha value is -2.73. The van der Waals surface area contributed by atoms with Crippen LogP contribution in [-0.2, 0) is 0 Å². The van der Waals surface area contributed by atoms with Gasteiger partial charge < -0.3 is 9.13 Å². The van der Waals surface area contributed by atoms with Crippen LogP contribution in [0.25, 0.3) is 11.4 Å². The number of nitrogens with zero attached hydrogens (tertiary/aromatic N) is 2. The van der Waals surface area contributed by atoms with Crippen molar-refractivity contribution < 1.29 is 4.79 Å². The average molecular weight is 348 g/mol. The molecule has 3 heteroatoms. The van der Waals surface area contributed by atoms with Gasteiger partial charge in [0, 0.05) is 12.4 Å². The lowest BCUT2D eigenvalue weighted by Crippen LogP contribution is -2.14. The van der Waals surface area contributed by atoms with Gasteiger partial charge in [-0.3, -0.25) is 4.79 Å². The molecule has 0 bridgehead atoms. The average Bonchev–Trinajstić information content (AvgIpc) is 3.25. The Balaban J connectivity index is 2.44. The van der Waals surface area contributed by atoms with Crippen molar-refractivity contribution in [3.8, 4) is 0 Å². The van der Waals surface area contributed by atoms with Crippen LogP contribution in [0.15, 0.2) is 61.3 Å². The first-order valence-corrected chi connectivity index (χ1v) is 9.07. The van der Waals surface area contributed by atoms with E-state index in [1.165, 1.54) is 0 Å². The van der Waals surface area contributed by atoms with Crippen LogP contribution in [0.3, 0.4) is 0 Å². The van der Waals surface area contributed by atoms with Gasteiger partial charge in [0.1, 0.15) is 0 Å². The monoisotopic (exact) mass is 348 g/mol. The maximum Gasteiger partial charge on any atom is 0.226 e. The molecule has 26 heavy (non-hydrogen) atoms. The van der Waals surface area contributed by atoms with E-state index in [-0.39, 0.29) is 5.78 Å². The van der Waals surface area contributed by atoms with Crippen LogP contribution in [0.4, 0.5) is 0 Å². The lowest BCUT2D eigenvalue weighted by atomic mass is 10.1. The zero-order valence-electron chi connectivity index (χ0n) is 16.2. The van der Waals surface area contributed by atoms with Crippen molar-refractivity contribution >= 4 is 17.2 Å². The topological polar surface area (TPSA) is 26.9 Å². The summed E-state index contributed by atoms with van der Waals surface area (Å²) in [6, 6.07) is 7.46. The first-order chi connectivity index (χ1) is 12.4. The number of carbonyl (C=O) groups is 1. The molecule has 0 saturated carbocycles. The molecule has 3 nitrogen and oxygen atoms in total. The van der Waals surface area contributed by atoms with E-state index < -0.39 is 0 Å². The van der Waals surface area contributed by atoms with Crippen molar-refractivity contribution in [1.82, 2.24) is 9.13 Å². The highest BCUT2D eigenvalue weighted by Crippen LogP contribution is 2.23. The van der Waals surface area contributed by atoms with Crippen LogP contribution in [0.2, 0.25) is 0 Å². The summed E-state index contributed by atoms with van der Waals surface area (Å²) < 4.78 is 3.79. The van der Waals surface area contributed by atoms with Gasteiger partial charge in [0.15, 0.2) is 0 Å². The summed E-state index contributed by atoms with van der Waals surface area (Å²) in [6.45, 7) is 16.2. The van der Waals surface area contributed by atoms with Crippen molar-refractivity contribution in [2.75, 3.05) is 0 Å². The van der Waals surface area contributed by atoms with Gasteiger partial charge >= 0.3 is 0 Å². The standard InChI is InChI=1S/C23H28N2O/c1-7-19(15-17(3)4)24-13-9-11-21(24)23(26)22-12-10-14-25(22)20(8-2)16-18(5)6/h9-14,17-18H,1-2,15-16H2,3-6H3. The molecular weight excluding hydrogens is 320 g/mol. The second kappa shape index (κ2) is 8.58. The summed E-state index contributed by atoms with van der Waals surface area (Å²) in [5.41, 5.74) is 9.04.